The molecule has 1 aromatic heterocycles. The van der Waals surface area contributed by atoms with E-state index in [1.165, 1.54) is 12.0 Å². The molecule has 0 saturated heterocycles. The summed E-state index contributed by atoms with van der Waals surface area (Å²) in [5, 5.41) is 0.830. The highest BCUT2D eigenvalue weighted by atomic mass is 79.9. The van der Waals surface area contributed by atoms with Crippen molar-refractivity contribution in [1.29, 1.82) is 0 Å². The third-order valence-electron chi connectivity index (χ3n) is 2.92. The lowest BCUT2D eigenvalue weighted by Gasteiger charge is -2.17. The molecule has 0 radical (unpaired) electrons. The highest BCUT2D eigenvalue weighted by molar-refractivity contribution is 9.10. The van der Waals surface area contributed by atoms with Gasteiger partial charge in [-0.05, 0) is 35.0 Å². The van der Waals surface area contributed by atoms with Crippen LogP contribution in [0, 0.1) is 0 Å². The van der Waals surface area contributed by atoms with Gasteiger partial charge in [-0.2, -0.15) is 0 Å². The van der Waals surface area contributed by atoms with Gasteiger partial charge in [-0.3, -0.25) is 9.59 Å². The molecule has 0 N–H and O–H groups in total. The van der Waals surface area contributed by atoms with Crippen molar-refractivity contribution in [3.05, 3.63) is 34.5 Å². The summed E-state index contributed by atoms with van der Waals surface area (Å²) in [6.45, 7) is 2.09. The number of methoxy groups -OCH3 is 1. The lowest BCUT2D eigenvalue weighted by molar-refractivity contribution is -0.141. The zero-order chi connectivity index (χ0) is 14.7. The van der Waals surface area contributed by atoms with Crippen LogP contribution in [0.1, 0.15) is 17.5 Å². The molecule has 20 heavy (non-hydrogen) atoms. The van der Waals surface area contributed by atoms with E-state index in [2.05, 4.69) is 20.7 Å². The summed E-state index contributed by atoms with van der Waals surface area (Å²) in [5.41, 5.74) is 0.616. The Morgan fingerprint density at radius 3 is 2.75 bits per heavy atom. The Hall–Kier alpha value is -1.82. The lowest BCUT2D eigenvalue weighted by atomic mass is 10.2. The molecule has 1 heterocycles. The molecular formula is C14H14BrNO4. The van der Waals surface area contributed by atoms with Crippen molar-refractivity contribution < 1.29 is 18.7 Å². The first kappa shape index (κ1) is 14.6. The molecule has 1 amide bonds. The van der Waals surface area contributed by atoms with Crippen molar-refractivity contribution in [2.75, 3.05) is 20.2 Å². The third kappa shape index (κ3) is 2.85. The molecule has 2 aromatic rings. The van der Waals surface area contributed by atoms with Gasteiger partial charge in [0.2, 0.25) is 0 Å². The topological polar surface area (TPSA) is 59.8 Å². The number of benzene rings is 1. The van der Waals surface area contributed by atoms with Crippen molar-refractivity contribution in [2.24, 2.45) is 0 Å². The summed E-state index contributed by atoms with van der Waals surface area (Å²) >= 11 is 3.37. The van der Waals surface area contributed by atoms with Crippen LogP contribution < -0.4 is 0 Å². The standard InChI is InChI=1S/C14H14BrNO4/c1-3-16(8-12(17)19-2)14(18)11-7-9-5-4-6-10(15)13(9)20-11/h4-7H,3,8H2,1-2H3. The zero-order valence-electron chi connectivity index (χ0n) is 11.2. The number of para-hydroxylation sites is 1. The number of esters is 1. The highest BCUT2D eigenvalue weighted by Crippen LogP contribution is 2.27. The molecule has 6 heteroatoms. The molecule has 0 bridgehead atoms. The Kier molecular flexibility index (Phi) is 4.44. The number of amides is 1. The SMILES string of the molecule is CCN(CC(=O)OC)C(=O)c1cc2cccc(Br)c2o1. The van der Waals surface area contributed by atoms with Gasteiger partial charge in [0.1, 0.15) is 12.1 Å². The van der Waals surface area contributed by atoms with Gasteiger partial charge in [0, 0.05) is 11.9 Å². The number of carbonyl (C=O) groups is 2. The van der Waals surface area contributed by atoms with Crippen LogP contribution in [0.25, 0.3) is 11.0 Å². The number of hydrogen-bond donors (Lipinski definition) is 0. The zero-order valence-corrected chi connectivity index (χ0v) is 12.8. The normalized spacial score (nSPS) is 10.6. The lowest BCUT2D eigenvalue weighted by Crippen LogP contribution is -2.35. The molecule has 0 aliphatic heterocycles. The van der Waals surface area contributed by atoms with E-state index in [4.69, 9.17) is 4.42 Å². The van der Waals surface area contributed by atoms with Gasteiger partial charge in [0.15, 0.2) is 5.76 Å². The van der Waals surface area contributed by atoms with E-state index >= 15 is 0 Å². The molecule has 5 nitrogen and oxygen atoms in total. The van der Waals surface area contributed by atoms with Gasteiger partial charge in [0.25, 0.3) is 5.91 Å². The number of fused-ring (bicyclic) bond motifs is 1. The number of furan rings is 1. The largest absolute Gasteiger partial charge is 0.468 e. The van der Waals surface area contributed by atoms with Crippen LogP contribution in [-0.2, 0) is 9.53 Å². The molecule has 0 unspecified atom stereocenters. The minimum Gasteiger partial charge on any atom is -0.468 e. The van der Waals surface area contributed by atoms with Crippen molar-refractivity contribution in [3.8, 4) is 0 Å². The molecule has 1 aromatic carbocycles. The van der Waals surface area contributed by atoms with Crippen LogP contribution in [0.2, 0.25) is 0 Å². The van der Waals surface area contributed by atoms with Crippen molar-refractivity contribution >= 4 is 38.8 Å². The van der Waals surface area contributed by atoms with E-state index in [9.17, 15) is 9.59 Å². The Balaban J connectivity index is 2.30. The Labute approximate surface area is 124 Å². The molecular weight excluding hydrogens is 326 g/mol. The summed E-state index contributed by atoms with van der Waals surface area (Å²) in [4.78, 5) is 25.0. The first-order valence-corrected chi connectivity index (χ1v) is 6.90. The Morgan fingerprint density at radius 1 is 1.40 bits per heavy atom. The molecule has 2 rings (SSSR count). The van der Waals surface area contributed by atoms with E-state index in [0.29, 0.717) is 12.1 Å². The van der Waals surface area contributed by atoms with Crippen molar-refractivity contribution in [3.63, 3.8) is 0 Å². The fourth-order valence-corrected chi connectivity index (χ4v) is 2.30. The second-order valence-corrected chi connectivity index (χ2v) is 5.02. The molecule has 0 aliphatic rings. The van der Waals surface area contributed by atoms with Gasteiger partial charge in [-0.25, -0.2) is 0 Å². The smallest absolute Gasteiger partial charge is 0.325 e. The van der Waals surface area contributed by atoms with Gasteiger partial charge in [-0.15, -0.1) is 0 Å². The van der Waals surface area contributed by atoms with E-state index in [1.54, 1.807) is 13.0 Å². The molecule has 106 valence electrons. The average molecular weight is 340 g/mol. The number of halogens is 1. The van der Waals surface area contributed by atoms with Gasteiger partial charge in [0.05, 0.1) is 11.6 Å². The predicted molar refractivity (Wildman–Crippen MR) is 77.5 cm³/mol. The predicted octanol–water partition coefficient (Wildman–Crippen LogP) is 2.83. The number of carbonyl (C=O) groups excluding carboxylic acids is 2. The summed E-state index contributed by atoms with van der Waals surface area (Å²) < 4.78 is 10.9. The van der Waals surface area contributed by atoms with Gasteiger partial charge < -0.3 is 14.1 Å². The number of likely N-dealkylation sites (N-methyl/N-ethyl adjacent to an activating group) is 1. The highest BCUT2D eigenvalue weighted by Gasteiger charge is 2.21. The van der Waals surface area contributed by atoms with E-state index < -0.39 is 5.97 Å². The van der Waals surface area contributed by atoms with Crippen molar-refractivity contribution in [2.45, 2.75) is 6.92 Å². The number of nitrogens with zero attached hydrogens (tertiary/aromatic N) is 1. The molecule has 0 fully saturated rings. The molecule has 0 spiro atoms. The average Bonchev–Trinajstić information content (AvgIpc) is 2.89. The molecule has 0 aliphatic carbocycles. The molecule has 0 atom stereocenters. The van der Waals surface area contributed by atoms with Crippen LogP contribution in [-0.4, -0.2) is 37.0 Å². The van der Waals surface area contributed by atoms with E-state index in [-0.39, 0.29) is 18.2 Å². The minimum atomic E-state index is -0.461. The van der Waals surface area contributed by atoms with E-state index in [1.807, 2.05) is 18.2 Å². The first-order chi connectivity index (χ1) is 9.56. The van der Waals surface area contributed by atoms with Crippen LogP contribution in [0.4, 0.5) is 0 Å². The van der Waals surface area contributed by atoms with Crippen molar-refractivity contribution in [1.82, 2.24) is 4.90 Å². The second kappa shape index (κ2) is 6.09. The number of rotatable bonds is 4. The summed E-state index contributed by atoms with van der Waals surface area (Å²) in [5.74, 6) is -0.587. The number of hydrogen-bond acceptors (Lipinski definition) is 4. The maximum atomic E-state index is 12.3. The Morgan fingerprint density at radius 2 is 2.15 bits per heavy atom. The monoisotopic (exact) mass is 339 g/mol. The molecule has 0 saturated carbocycles. The first-order valence-electron chi connectivity index (χ1n) is 6.11. The summed E-state index contributed by atoms with van der Waals surface area (Å²) in [6.07, 6.45) is 0. The van der Waals surface area contributed by atoms with E-state index in [0.717, 1.165) is 9.86 Å². The fourth-order valence-electron chi connectivity index (χ4n) is 1.84. The van der Waals surface area contributed by atoms with Crippen LogP contribution >= 0.6 is 15.9 Å². The maximum absolute atomic E-state index is 12.3. The maximum Gasteiger partial charge on any atom is 0.325 e. The summed E-state index contributed by atoms with van der Waals surface area (Å²) in [6, 6.07) is 7.23. The van der Waals surface area contributed by atoms with Crippen LogP contribution in [0.5, 0.6) is 0 Å². The third-order valence-corrected chi connectivity index (χ3v) is 3.55. The quantitative estimate of drug-likeness (QED) is 0.803. The minimum absolute atomic E-state index is 0.0932. The second-order valence-electron chi connectivity index (χ2n) is 4.16. The fraction of sp³-hybridized carbons (Fsp3) is 0.286. The number of ether oxygens (including phenoxy) is 1. The summed E-state index contributed by atoms with van der Waals surface area (Å²) in [7, 11) is 1.29. The Bertz CT molecular complexity index is 650. The van der Waals surface area contributed by atoms with Gasteiger partial charge >= 0.3 is 5.97 Å². The van der Waals surface area contributed by atoms with Gasteiger partial charge in [-0.1, -0.05) is 12.1 Å². The van der Waals surface area contributed by atoms with Crippen LogP contribution in [0.3, 0.4) is 0 Å². The van der Waals surface area contributed by atoms with Crippen LogP contribution in [0.15, 0.2) is 33.2 Å².